The number of imide groups is 2. The van der Waals surface area contributed by atoms with Gasteiger partial charge in [0, 0.05) is 0 Å². The third kappa shape index (κ3) is 3.82. The number of carbonyl (C=O) groups is 3. The van der Waals surface area contributed by atoms with E-state index in [0.29, 0.717) is 22.8 Å². The standard InChI is InChI=1S/C18H15IN2O6/c1-25-14-8-10(7-13(19)15(14)26-2)6-12-16(22)20-18(24)21(17(12)23)9-11-4-3-5-27-11/h3-8H,9H2,1-2H3,(H,20,22,24)/b12-6+. The minimum absolute atomic E-state index is 0.0776. The highest BCUT2D eigenvalue weighted by molar-refractivity contribution is 14.1. The predicted octanol–water partition coefficient (Wildman–Crippen LogP) is 2.56. The Kier molecular flexibility index (Phi) is 5.49. The Morgan fingerprint density at radius 3 is 2.63 bits per heavy atom. The summed E-state index contributed by atoms with van der Waals surface area (Å²) in [6, 6.07) is 5.87. The smallest absolute Gasteiger partial charge is 0.331 e. The van der Waals surface area contributed by atoms with Gasteiger partial charge in [-0.15, -0.1) is 0 Å². The van der Waals surface area contributed by atoms with Crippen LogP contribution in [-0.2, 0) is 16.1 Å². The maximum Gasteiger partial charge on any atom is 0.331 e. The van der Waals surface area contributed by atoms with Crippen LogP contribution in [-0.4, -0.2) is 37.0 Å². The molecule has 0 aliphatic carbocycles. The number of rotatable bonds is 5. The van der Waals surface area contributed by atoms with Crippen LogP contribution in [0.15, 0.2) is 40.5 Å². The molecular formula is C18H15IN2O6. The number of methoxy groups -OCH3 is 2. The fourth-order valence-corrected chi connectivity index (χ4v) is 3.43. The first-order valence-electron chi connectivity index (χ1n) is 7.77. The molecule has 27 heavy (non-hydrogen) atoms. The van der Waals surface area contributed by atoms with Gasteiger partial charge in [-0.2, -0.15) is 0 Å². The number of halogens is 1. The molecule has 0 spiro atoms. The summed E-state index contributed by atoms with van der Waals surface area (Å²) in [5.74, 6) is -0.0268. The Hall–Kier alpha value is -2.82. The number of hydrogen-bond donors (Lipinski definition) is 1. The van der Waals surface area contributed by atoms with E-state index >= 15 is 0 Å². The van der Waals surface area contributed by atoms with Gasteiger partial charge in [0.25, 0.3) is 11.8 Å². The Labute approximate surface area is 168 Å². The first-order valence-corrected chi connectivity index (χ1v) is 8.85. The van der Waals surface area contributed by atoms with E-state index in [1.165, 1.54) is 26.6 Å². The molecule has 1 fully saturated rings. The second kappa shape index (κ2) is 7.82. The van der Waals surface area contributed by atoms with Gasteiger partial charge in [-0.25, -0.2) is 4.79 Å². The lowest BCUT2D eigenvalue weighted by atomic mass is 10.1. The minimum atomic E-state index is -0.791. The maximum absolute atomic E-state index is 12.7. The molecule has 0 bridgehead atoms. The number of hydrogen-bond acceptors (Lipinski definition) is 6. The zero-order chi connectivity index (χ0) is 19.6. The fraction of sp³-hybridized carbons (Fsp3) is 0.167. The zero-order valence-corrected chi connectivity index (χ0v) is 16.6. The van der Waals surface area contributed by atoms with Crippen molar-refractivity contribution in [3.05, 3.63) is 51.0 Å². The summed E-state index contributed by atoms with van der Waals surface area (Å²) in [5, 5.41) is 2.17. The second-order valence-electron chi connectivity index (χ2n) is 5.53. The van der Waals surface area contributed by atoms with Crippen molar-refractivity contribution in [1.29, 1.82) is 0 Å². The molecule has 8 nitrogen and oxygen atoms in total. The fourth-order valence-electron chi connectivity index (χ4n) is 2.58. The molecule has 1 N–H and O–H groups in total. The van der Waals surface area contributed by atoms with Crippen molar-refractivity contribution < 1.29 is 28.3 Å². The first kappa shape index (κ1) is 19.0. The normalized spacial score (nSPS) is 15.9. The Bertz CT molecular complexity index is 936. The number of amides is 4. The van der Waals surface area contributed by atoms with Gasteiger partial charge in [-0.3, -0.25) is 19.8 Å². The molecule has 140 valence electrons. The van der Waals surface area contributed by atoms with Crippen LogP contribution in [0.5, 0.6) is 11.5 Å². The topological polar surface area (TPSA) is 98.1 Å². The van der Waals surface area contributed by atoms with E-state index in [4.69, 9.17) is 13.9 Å². The summed E-state index contributed by atoms with van der Waals surface area (Å²) in [7, 11) is 3.02. The van der Waals surface area contributed by atoms with Gasteiger partial charge in [-0.05, 0) is 58.5 Å². The van der Waals surface area contributed by atoms with E-state index in [1.807, 2.05) is 0 Å². The second-order valence-corrected chi connectivity index (χ2v) is 6.69. The number of barbiturate groups is 1. The molecule has 1 aromatic heterocycles. The largest absolute Gasteiger partial charge is 0.493 e. The van der Waals surface area contributed by atoms with Gasteiger partial charge in [-0.1, -0.05) is 0 Å². The van der Waals surface area contributed by atoms with Gasteiger partial charge < -0.3 is 13.9 Å². The number of nitrogens with one attached hydrogen (secondary N) is 1. The zero-order valence-electron chi connectivity index (χ0n) is 14.4. The number of benzene rings is 1. The van der Waals surface area contributed by atoms with Gasteiger partial charge in [0.15, 0.2) is 11.5 Å². The maximum atomic E-state index is 12.7. The van der Waals surface area contributed by atoms with Crippen LogP contribution in [0, 0.1) is 3.57 Å². The van der Waals surface area contributed by atoms with Crippen molar-refractivity contribution in [1.82, 2.24) is 10.2 Å². The van der Waals surface area contributed by atoms with E-state index < -0.39 is 17.8 Å². The summed E-state index contributed by atoms with van der Waals surface area (Å²) in [4.78, 5) is 37.9. The minimum Gasteiger partial charge on any atom is -0.493 e. The highest BCUT2D eigenvalue weighted by atomic mass is 127. The van der Waals surface area contributed by atoms with Crippen LogP contribution >= 0.6 is 22.6 Å². The number of furan rings is 1. The van der Waals surface area contributed by atoms with Crippen molar-refractivity contribution in [3.63, 3.8) is 0 Å². The Morgan fingerprint density at radius 1 is 1.22 bits per heavy atom. The number of carbonyl (C=O) groups excluding carboxylic acids is 3. The summed E-state index contributed by atoms with van der Waals surface area (Å²) in [6.07, 6.45) is 2.85. The third-order valence-corrected chi connectivity index (χ3v) is 4.65. The molecule has 0 unspecified atom stereocenters. The number of urea groups is 1. The van der Waals surface area contributed by atoms with Crippen molar-refractivity contribution in [2.75, 3.05) is 14.2 Å². The number of ether oxygens (including phenoxy) is 2. The van der Waals surface area contributed by atoms with Crippen LogP contribution in [0.1, 0.15) is 11.3 Å². The third-order valence-electron chi connectivity index (χ3n) is 3.85. The van der Waals surface area contributed by atoms with Crippen LogP contribution in [0.25, 0.3) is 6.08 Å². The van der Waals surface area contributed by atoms with Crippen LogP contribution in [0.2, 0.25) is 0 Å². The molecule has 4 amide bonds. The van der Waals surface area contributed by atoms with Crippen LogP contribution in [0.3, 0.4) is 0 Å². The van der Waals surface area contributed by atoms with E-state index in [-0.39, 0.29) is 12.1 Å². The molecule has 0 radical (unpaired) electrons. The van der Waals surface area contributed by atoms with Crippen LogP contribution in [0.4, 0.5) is 4.79 Å². The lowest BCUT2D eigenvalue weighted by Crippen LogP contribution is -2.53. The van der Waals surface area contributed by atoms with E-state index in [2.05, 4.69) is 27.9 Å². The molecule has 2 heterocycles. The summed E-state index contributed by atoms with van der Waals surface area (Å²) >= 11 is 2.06. The van der Waals surface area contributed by atoms with Crippen molar-refractivity contribution in [2.45, 2.75) is 6.54 Å². The number of nitrogens with zero attached hydrogens (tertiary/aromatic N) is 1. The van der Waals surface area contributed by atoms with Crippen molar-refractivity contribution in [3.8, 4) is 11.5 Å². The Balaban J connectivity index is 1.96. The van der Waals surface area contributed by atoms with Gasteiger partial charge in [0.1, 0.15) is 11.3 Å². The lowest BCUT2D eigenvalue weighted by molar-refractivity contribution is -0.130. The van der Waals surface area contributed by atoms with Crippen molar-refractivity contribution in [2.24, 2.45) is 0 Å². The predicted molar refractivity (Wildman–Crippen MR) is 103 cm³/mol. The van der Waals surface area contributed by atoms with Gasteiger partial charge in [0.05, 0.1) is 30.6 Å². The molecule has 9 heteroatoms. The summed E-state index contributed by atoms with van der Waals surface area (Å²) in [6.45, 7) is -0.0776. The molecule has 1 aliphatic heterocycles. The van der Waals surface area contributed by atoms with Crippen molar-refractivity contribution >= 4 is 46.5 Å². The van der Waals surface area contributed by atoms with E-state index in [1.54, 1.807) is 24.3 Å². The molecule has 1 saturated heterocycles. The summed E-state index contributed by atoms with van der Waals surface area (Å²) < 4.78 is 16.5. The molecule has 0 saturated carbocycles. The molecule has 1 aliphatic rings. The molecule has 1 aromatic carbocycles. The first-order chi connectivity index (χ1) is 12.9. The molecule has 0 atom stereocenters. The molecular weight excluding hydrogens is 467 g/mol. The quantitative estimate of drug-likeness (QED) is 0.400. The highest BCUT2D eigenvalue weighted by Crippen LogP contribution is 2.34. The van der Waals surface area contributed by atoms with E-state index in [9.17, 15) is 14.4 Å². The Morgan fingerprint density at radius 2 is 2.00 bits per heavy atom. The molecule has 3 rings (SSSR count). The summed E-state index contributed by atoms with van der Waals surface area (Å²) in [5.41, 5.74) is 0.395. The van der Waals surface area contributed by atoms with E-state index in [0.717, 1.165) is 8.47 Å². The van der Waals surface area contributed by atoms with Gasteiger partial charge in [0.2, 0.25) is 0 Å². The molecule has 2 aromatic rings. The van der Waals surface area contributed by atoms with Crippen LogP contribution < -0.4 is 14.8 Å². The average molecular weight is 482 g/mol. The SMILES string of the molecule is COc1cc(/C=C2\C(=O)NC(=O)N(Cc3ccco3)C2=O)cc(I)c1OC. The average Bonchev–Trinajstić information content (AvgIpc) is 3.15. The highest BCUT2D eigenvalue weighted by Gasteiger charge is 2.36. The van der Waals surface area contributed by atoms with Gasteiger partial charge >= 0.3 is 6.03 Å². The lowest BCUT2D eigenvalue weighted by Gasteiger charge is -2.25. The monoisotopic (exact) mass is 482 g/mol.